The third-order valence-electron chi connectivity index (χ3n) is 4.62. The summed E-state index contributed by atoms with van der Waals surface area (Å²) in [6.07, 6.45) is -0.0151. The summed E-state index contributed by atoms with van der Waals surface area (Å²) < 4.78 is 5.38. The van der Waals surface area contributed by atoms with Crippen LogP contribution in [0.4, 0.5) is 4.79 Å². The molecule has 1 amide bonds. The van der Waals surface area contributed by atoms with Crippen LogP contribution in [0.5, 0.6) is 5.75 Å². The predicted molar refractivity (Wildman–Crippen MR) is 110 cm³/mol. The Morgan fingerprint density at radius 3 is 2.45 bits per heavy atom. The lowest BCUT2D eigenvalue weighted by molar-refractivity contribution is 0.135. The number of nitrogens with zero attached hydrogens (tertiary/aromatic N) is 1. The van der Waals surface area contributed by atoms with Crippen molar-refractivity contribution in [3.8, 4) is 5.75 Å². The van der Waals surface area contributed by atoms with E-state index in [-0.39, 0.29) is 12.4 Å². The van der Waals surface area contributed by atoms with Gasteiger partial charge in [0.05, 0.1) is 17.1 Å². The lowest BCUT2D eigenvalue weighted by Crippen LogP contribution is -2.31. The number of alkyl carbamates (subject to hydrolysis) is 1. The Morgan fingerprint density at radius 2 is 1.69 bits per heavy atom. The fourth-order valence-electron chi connectivity index (χ4n) is 3.13. The van der Waals surface area contributed by atoms with Crippen molar-refractivity contribution in [2.45, 2.75) is 19.1 Å². The molecule has 0 aliphatic heterocycles. The SMILES string of the molecule is O=C(NC(Cc1ccc(O)cc1)c1nc2ccccc2[nH]1)OCc1ccccc1. The molecule has 1 unspecified atom stereocenters. The van der Waals surface area contributed by atoms with Gasteiger partial charge in [0.25, 0.3) is 0 Å². The molecule has 6 heteroatoms. The monoisotopic (exact) mass is 387 g/mol. The van der Waals surface area contributed by atoms with Gasteiger partial charge in [-0.15, -0.1) is 0 Å². The molecule has 0 saturated carbocycles. The van der Waals surface area contributed by atoms with Gasteiger partial charge < -0.3 is 20.1 Å². The van der Waals surface area contributed by atoms with Crippen LogP contribution in [-0.4, -0.2) is 21.2 Å². The van der Waals surface area contributed by atoms with Crippen LogP contribution in [0, 0.1) is 0 Å². The molecule has 3 aromatic carbocycles. The van der Waals surface area contributed by atoms with Crippen molar-refractivity contribution in [2.75, 3.05) is 0 Å². The van der Waals surface area contributed by atoms with E-state index in [1.54, 1.807) is 12.1 Å². The predicted octanol–water partition coefficient (Wildman–Crippen LogP) is 4.48. The van der Waals surface area contributed by atoms with Crippen LogP contribution in [0.25, 0.3) is 11.0 Å². The summed E-state index contributed by atoms with van der Waals surface area (Å²) in [5.41, 5.74) is 3.61. The highest BCUT2D eigenvalue weighted by atomic mass is 16.5. The van der Waals surface area contributed by atoms with E-state index in [2.05, 4.69) is 15.3 Å². The number of aromatic nitrogens is 2. The summed E-state index contributed by atoms with van der Waals surface area (Å²) in [5, 5.41) is 12.4. The first-order valence-corrected chi connectivity index (χ1v) is 9.37. The Labute approximate surface area is 168 Å². The van der Waals surface area contributed by atoms with E-state index in [0.717, 1.165) is 22.2 Å². The number of rotatable bonds is 6. The number of fused-ring (bicyclic) bond motifs is 1. The number of nitrogens with one attached hydrogen (secondary N) is 2. The van der Waals surface area contributed by atoms with E-state index in [9.17, 15) is 9.90 Å². The van der Waals surface area contributed by atoms with E-state index >= 15 is 0 Å². The number of aromatic amines is 1. The summed E-state index contributed by atoms with van der Waals surface area (Å²) in [5.74, 6) is 0.847. The van der Waals surface area contributed by atoms with Gasteiger partial charge in [-0.1, -0.05) is 54.6 Å². The van der Waals surface area contributed by atoms with Crippen LogP contribution in [0.15, 0.2) is 78.9 Å². The van der Waals surface area contributed by atoms with Crippen LogP contribution >= 0.6 is 0 Å². The van der Waals surface area contributed by atoms with Gasteiger partial charge in [-0.05, 0) is 35.4 Å². The molecule has 0 fully saturated rings. The van der Waals surface area contributed by atoms with Crippen molar-refractivity contribution in [1.29, 1.82) is 0 Å². The number of amides is 1. The number of carbonyl (C=O) groups excluding carboxylic acids is 1. The Bertz CT molecular complexity index is 1060. The fraction of sp³-hybridized carbons (Fsp3) is 0.130. The molecule has 6 nitrogen and oxygen atoms in total. The van der Waals surface area contributed by atoms with Gasteiger partial charge in [0.1, 0.15) is 18.2 Å². The van der Waals surface area contributed by atoms with Gasteiger partial charge in [-0.3, -0.25) is 0 Å². The minimum absolute atomic E-state index is 0.193. The van der Waals surface area contributed by atoms with Gasteiger partial charge in [0, 0.05) is 6.42 Å². The number of carbonyl (C=O) groups is 1. The summed E-state index contributed by atoms with van der Waals surface area (Å²) in [7, 11) is 0. The lowest BCUT2D eigenvalue weighted by atomic mass is 10.1. The minimum Gasteiger partial charge on any atom is -0.508 e. The second-order valence-electron chi connectivity index (χ2n) is 6.77. The average molecular weight is 387 g/mol. The van der Waals surface area contributed by atoms with Crippen molar-refractivity contribution >= 4 is 17.1 Å². The highest BCUT2D eigenvalue weighted by molar-refractivity contribution is 5.75. The molecule has 0 spiro atoms. The van der Waals surface area contributed by atoms with E-state index in [4.69, 9.17) is 4.74 Å². The summed E-state index contributed by atoms with van der Waals surface area (Å²) in [4.78, 5) is 20.3. The molecule has 0 radical (unpaired) electrons. The number of H-pyrrole nitrogens is 1. The molecule has 0 aliphatic carbocycles. The lowest BCUT2D eigenvalue weighted by Gasteiger charge is -2.17. The molecule has 146 valence electrons. The molecule has 3 N–H and O–H groups in total. The van der Waals surface area contributed by atoms with E-state index in [1.807, 2.05) is 66.7 Å². The van der Waals surface area contributed by atoms with Crippen LogP contribution < -0.4 is 5.32 Å². The van der Waals surface area contributed by atoms with Crippen molar-refractivity contribution < 1.29 is 14.6 Å². The zero-order chi connectivity index (χ0) is 20.1. The van der Waals surface area contributed by atoms with Crippen LogP contribution in [0.3, 0.4) is 0 Å². The highest BCUT2D eigenvalue weighted by Gasteiger charge is 2.20. The number of aromatic hydroxyl groups is 1. The number of benzene rings is 3. The molecule has 1 heterocycles. The maximum absolute atomic E-state index is 12.4. The second-order valence-corrected chi connectivity index (χ2v) is 6.77. The second kappa shape index (κ2) is 8.48. The van der Waals surface area contributed by atoms with Crippen molar-refractivity contribution in [2.24, 2.45) is 0 Å². The Hall–Kier alpha value is -3.80. The molecule has 0 saturated heterocycles. The molecule has 1 aromatic heterocycles. The topological polar surface area (TPSA) is 87.2 Å². The molecule has 4 aromatic rings. The zero-order valence-electron chi connectivity index (χ0n) is 15.7. The Morgan fingerprint density at radius 1 is 0.966 bits per heavy atom. The third-order valence-corrected chi connectivity index (χ3v) is 4.62. The van der Waals surface area contributed by atoms with Crippen molar-refractivity contribution in [1.82, 2.24) is 15.3 Å². The molecule has 0 bridgehead atoms. The first-order chi connectivity index (χ1) is 14.2. The molecule has 0 aliphatic rings. The molecule has 1 atom stereocenters. The zero-order valence-corrected chi connectivity index (χ0v) is 15.7. The number of phenolic OH excluding ortho intramolecular Hbond substituents is 1. The van der Waals surface area contributed by atoms with Crippen LogP contribution in [0.1, 0.15) is 23.0 Å². The third kappa shape index (κ3) is 4.73. The minimum atomic E-state index is -0.516. The first-order valence-electron chi connectivity index (χ1n) is 9.37. The first kappa shape index (κ1) is 18.6. The standard InChI is InChI=1S/C23H21N3O3/c27-18-12-10-16(11-13-18)14-21(22-24-19-8-4-5-9-20(19)25-22)26-23(28)29-15-17-6-2-1-3-7-17/h1-13,21,27H,14-15H2,(H,24,25)(H,26,28). The molecule has 4 rings (SSSR count). The van der Waals surface area contributed by atoms with Gasteiger partial charge in [0.2, 0.25) is 0 Å². The summed E-state index contributed by atoms with van der Waals surface area (Å²) in [6.45, 7) is 0.193. The number of para-hydroxylation sites is 2. The Kier molecular flexibility index (Phi) is 5.42. The average Bonchev–Trinajstić information content (AvgIpc) is 3.18. The quantitative estimate of drug-likeness (QED) is 0.455. The molecular formula is C23H21N3O3. The summed E-state index contributed by atoms with van der Waals surface area (Å²) >= 11 is 0. The van der Waals surface area contributed by atoms with Crippen molar-refractivity contribution in [3.63, 3.8) is 0 Å². The molecule has 29 heavy (non-hydrogen) atoms. The van der Waals surface area contributed by atoms with Gasteiger partial charge in [-0.2, -0.15) is 0 Å². The smallest absolute Gasteiger partial charge is 0.408 e. The van der Waals surface area contributed by atoms with Gasteiger partial charge >= 0.3 is 6.09 Å². The maximum Gasteiger partial charge on any atom is 0.408 e. The molecular weight excluding hydrogens is 366 g/mol. The van der Waals surface area contributed by atoms with E-state index < -0.39 is 12.1 Å². The van der Waals surface area contributed by atoms with Crippen LogP contribution in [0.2, 0.25) is 0 Å². The van der Waals surface area contributed by atoms with Crippen molar-refractivity contribution in [3.05, 3.63) is 95.8 Å². The highest BCUT2D eigenvalue weighted by Crippen LogP contribution is 2.21. The van der Waals surface area contributed by atoms with Crippen LogP contribution in [-0.2, 0) is 17.8 Å². The number of phenols is 1. The Balaban J connectivity index is 1.52. The number of hydrogen-bond donors (Lipinski definition) is 3. The number of ether oxygens (including phenoxy) is 1. The van der Waals surface area contributed by atoms with E-state index in [0.29, 0.717) is 12.2 Å². The fourth-order valence-corrected chi connectivity index (χ4v) is 3.13. The normalized spacial score (nSPS) is 11.9. The van der Waals surface area contributed by atoms with E-state index in [1.165, 1.54) is 0 Å². The van der Waals surface area contributed by atoms with Gasteiger partial charge in [-0.25, -0.2) is 9.78 Å². The number of imidazole rings is 1. The summed E-state index contributed by atoms with van der Waals surface area (Å²) in [6, 6.07) is 23.7. The number of hydrogen-bond acceptors (Lipinski definition) is 4. The largest absolute Gasteiger partial charge is 0.508 e. The van der Waals surface area contributed by atoms with Gasteiger partial charge in [0.15, 0.2) is 0 Å². The maximum atomic E-state index is 12.4.